The van der Waals surface area contributed by atoms with E-state index >= 15 is 0 Å². The zero-order chi connectivity index (χ0) is 20.3. The van der Waals surface area contributed by atoms with Crippen molar-refractivity contribution in [3.05, 3.63) is 59.0 Å². The Bertz CT molecular complexity index is 858. The number of hydrogen-bond acceptors (Lipinski definition) is 3. The van der Waals surface area contributed by atoms with E-state index in [1.165, 1.54) is 31.1 Å². The normalized spacial score (nSPS) is 18.4. The smallest absolute Gasteiger partial charge is 0.289 e. The summed E-state index contributed by atoms with van der Waals surface area (Å²) < 4.78 is 5.24. The van der Waals surface area contributed by atoms with Gasteiger partial charge in [-0.15, -0.1) is 24.0 Å². The molecule has 0 bridgehead atoms. The highest BCUT2D eigenvalue weighted by Crippen LogP contribution is 2.43. The average Bonchev–Trinajstić information content (AvgIpc) is 3.26. The molecule has 2 fully saturated rings. The summed E-state index contributed by atoms with van der Waals surface area (Å²) in [6.45, 7) is 3.66. The highest BCUT2D eigenvalue weighted by Gasteiger charge is 2.39. The fraction of sp³-hybridized carbons (Fsp3) is 0.455. The molecule has 6 nitrogen and oxygen atoms in total. The standard InChI is InChI=1S/C22H27ClN4O2.HI/c1-24-21(25-16-22(9-3-10-22)17-5-7-18(23)8-6-17)27-13-11-26(12-14-27)20(28)19-4-2-15-29-19;/h2,4-8,15H,3,9-14,16H2,1H3,(H,24,25);1H. The summed E-state index contributed by atoms with van der Waals surface area (Å²) in [5, 5.41) is 4.36. The van der Waals surface area contributed by atoms with Crippen molar-refractivity contribution in [1.82, 2.24) is 15.1 Å². The van der Waals surface area contributed by atoms with Crippen LogP contribution in [-0.2, 0) is 5.41 Å². The van der Waals surface area contributed by atoms with Crippen molar-refractivity contribution in [2.45, 2.75) is 24.7 Å². The number of carbonyl (C=O) groups is 1. The van der Waals surface area contributed by atoms with Gasteiger partial charge in [0.05, 0.1) is 6.26 Å². The van der Waals surface area contributed by atoms with Gasteiger partial charge in [-0.25, -0.2) is 0 Å². The van der Waals surface area contributed by atoms with Gasteiger partial charge in [0.25, 0.3) is 5.91 Å². The molecule has 162 valence electrons. The Hall–Kier alpha value is -1.74. The number of nitrogens with zero attached hydrogens (tertiary/aromatic N) is 3. The SMILES string of the molecule is CN=C(NCC1(c2ccc(Cl)cc2)CCC1)N1CCN(C(=O)c2ccco2)CC1.I. The summed E-state index contributed by atoms with van der Waals surface area (Å²) in [6.07, 6.45) is 5.12. The quantitative estimate of drug-likeness (QED) is 0.360. The summed E-state index contributed by atoms with van der Waals surface area (Å²) >= 11 is 6.07. The topological polar surface area (TPSA) is 61.1 Å². The molecule has 0 atom stereocenters. The highest BCUT2D eigenvalue weighted by atomic mass is 127. The number of benzene rings is 1. The number of nitrogens with one attached hydrogen (secondary N) is 1. The zero-order valence-electron chi connectivity index (χ0n) is 17.1. The number of guanidine groups is 1. The molecule has 1 aromatic heterocycles. The number of amides is 1. The Labute approximate surface area is 199 Å². The van der Waals surface area contributed by atoms with E-state index in [9.17, 15) is 4.79 Å². The molecule has 1 aliphatic heterocycles. The van der Waals surface area contributed by atoms with Crippen LogP contribution < -0.4 is 5.32 Å². The second-order valence-electron chi connectivity index (χ2n) is 7.80. The van der Waals surface area contributed by atoms with Crippen molar-refractivity contribution in [1.29, 1.82) is 0 Å². The van der Waals surface area contributed by atoms with E-state index in [0.717, 1.165) is 30.6 Å². The molecule has 8 heteroatoms. The number of piperazine rings is 1. The third-order valence-corrected chi connectivity index (χ3v) is 6.41. The van der Waals surface area contributed by atoms with Crippen molar-refractivity contribution in [2.24, 2.45) is 4.99 Å². The van der Waals surface area contributed by atoms with E-state index in [4.69, 9.17) is 16.0 Å². The lowest BCUT2D eigenvalue weighted by atomic mass is 9.64. The molecular formula is C22H28ClIN4O2. The van der Waals surface area contributed by atoms with Crippen LogP contribution >= 0.6 is 35.6 Å². The number of rotatable bonds is 4. The number of carbonyl (C=O) groups excluding carboxylic acids is 1. The van der Waals surface area contributed by atoms with Crippen LogP contribution in [0.25, 0.3) is 0 Å². The van der Waals surface area contributed by atoms with Gasteiger partial charge in [0, 0.05) is 50.2 Å². The van der Waals surface area contributed by atoms with Crippen LogP contribution in [0, 0.1) is 0 Å². The zero-order valence-corrected chi connectivity index (χ0v) is 20.2. The van der Waals surface area contributed by atoms with Crippen LogP contribution in [0.3, 0.4) is 0 Å². The fourth-order valence-electron chi connectivity index (χ4n) is 4.23. The van der Waals surface area contributed by atoms with Crippen LogP contribution in [0.4, 0.5) is 0 Å². The van der Waals surface area contributed by atoms with Crippen molar-refractivity contribution in [3.63, 3.8) is 0 Å². The lowest BCUT2D eigenvalue weighted by molar-refractivity contribution is 0.0657. The molecule has 1 aromatic carbocycles. The van der Waals surface area contributed by atoms with Crippen LogP contribution in [0.2, 0.25) is 5.02 Å². The predicted octanol–water partition coefficient (Wildman–Crippen LogP) is 4.01. The van der Waals surface area contributed by atoms with Gasteiger partial charge >= 0.3 is 0 Å². The Kier molecular flexibility index (Phi) is 7.68. The lowest BCUT2D eigenvalue weighted by Crippen LogP contribution is -2.56. The Balaban J connectivity index is 0.00000256. The molecule has 30 heavy (non-hydrogen) atoms. The van der Waals surface area contributed by atoms with Gasteiger partial charge in [0.1, 0.15) is 0 Å². The largest absolute Gasteiger partial charge is 0.459 e. The second kappa shape index (κ2) is 10.0. The molecule has 2 heterocycles. The first-order valence-electron chi connectivity index (χ1n) is 10.2. The van der Waals surface area contributed by atoms with Gasteiger partial charge in [0.2, 0.25) is 0 Å². The summed E-state index contributed by atoms with van der Waals surface area (Å²) in [6, 6.07) is 11.7. The first kappa shape index (κ1) is 22.9. The molecule has 1 saturated carbocycles. The monoisotopic (exact) mass is 542 g/mol. The molecule has 0 unspecified atom stereocenters. The lowest BCUT2D eigenvalue weighted by Gasteiger charge is -2.44. The summed E-state index contributed by atoms with van der Waals surface area (Å²) in [5.41, 5.74) is 1.49. The highest BCUT2D eigenvalue weighted by molar-refractivity contribution is 14.0. The third kappa shape index (κ3) is 4.77. The van der Waals surface area contributed by atoms with Gasteiger partial charge in [-0.05, 0) is 42.7 Å². The number of aliphatic imine (C=N–C) groups is 1. The molecular weight excluding hydrogens is 515 g/mol. The van der Waals surface area contributed by atoms with Crippen LogP contribution in [-0.4, -0.2) is 61.4 Å². The van der Waals surface area contributed by atoms with Gasteiger partial charge in [-0.2, -0.15) is 0 Å². The second-order valence-corrected chi connectivity index (χ2v) is 8.23. The van der Waals surface area contributed by atoms with Gasteiger partial charge in [0.15, 0.2) is 11.7 Å². The molecule has 0 radical (unpaired) electrons. The maximum absolute atomic E-state index is 12.4. The summed E-state index contributed by atoms with van der Waals surface area (Å²) in [7, 11) is 1.82. The van der Waals surface area contributed by atoms with Crippen molar-refractivity contribution in [3.8, 4) is 0 Å². The minimum Gasteiger partial charge on any atom is -0.459 e. The van der Waals surface area contributed by atoms with Crippen molar-refractivity contribution in [2.75, 3.05) is 39.8 Å². The number of halogens is 2. The Morgan fingerprint density at radius 2 is 1.80 bits per heavy atom. The predicted molar refractivity (Wildman–Crippen MR) is 130 cm³/mol. The van der Waals surface area contributed by atoms with E-state index in [2.05, 4.69) is 27.3 Å². The minimum absolute atomic E-state index is 0. The Morgan fingerprint density at radius 3 is 2.33 bits per heavy atom. The van der Waals surface area contributed by atoms with Gasteiger partial charge in [-0.3, -0.25) is 9.79 Å². The minimum atomic E-state index is -0.0474. The van der Waals surface area contributed by atoms with E-state index in [1.807, 2.05) is 24.1 Å². The maximum atomic E-state index is 12.4. The van der Waals surface area contributed by atoms with Crippen LogP contribution in [0.15, 0.2) is 52.1 Å². The first-order chi connectivity index (χ1) is 14.1. The Morgan fingerprint density at radius 1 is 1.13 bits per heavy atom. The third-order valence-electron chi connectivity index (χ3n) is 6.16. The molecule has 1 saturated heterocycles. The summed E-state index contributed by atoms with van der Waals surface area (Å²) in [5.74, 6) is 1.25. The van der Waals surface area contributed by atoms with E-state index in [1.54, 1.807) is 12.1 Å². The number of furan rings is 1. The molecule has 1 aliphatic carbocycles. The van der Waals surface area contributed by atoms with Crippen molar-refractivity contribution < 1.29 is 9.21 Å². The number of hydrogen-bond donors (Lipinski definition) is 1. The average molecular weight is 543 g/mol. The first-order valence-corrected chi connectivity index (χ1v) is 10.5. The molecule has 4 rings (SSSR count). The molecule has 2 aromatic rings. The van der Waals surface area contributed by atoms with Crippen LogP contribution in [0.1, 0.15) is 35.4 Å². The van der Waals surface area contributed by atoms with Crippen molar-refractivity contribution >= 4 is 47.4 Å². The summed E-state index contributed by atoms with van der Waals surface area (Å²) in [4.78, 5) is 21.0. The molecule has 1 N–H and O–H groups in total. The van der Waals surface area contributed by atoms with E-state index in [0.29, 0.717) is 18.8 Å². The molecule has 1 amide bonds. The van der Waals surface area contributed by atoms with Crippen LogP contribution in [0.5, 0.6) is 0 Å². The molecule has 0 spiro atoms. The maximum Gasteiger partial charge on any atom is 0.289 e. The van der Waals surface area contributed by atoms with Gasteiger partial charge < -0.3 is 19.5 Å². The fourth-order valence-corrected chi connectivity index (χ4v) is 4.36. The van der Waals surface area contributed by atoms with E-state index in [-0.39, 0.29) is 35.3 Å². The van der Waals surface area contributed by atoms with Gasteiger partial charge in [-0.1, -0.05) is 30.2 Å². The molecule has 2 aliphatic rings. The van der Waals surface area contributed by atoms with E-state index < -0.39 is 0 Å².